The summed E-state index contributed by atoms with van der Waals surface area (Å²) in [7, 11) is -3.43. The van der Waals surface area contributed by atoms with E-state index in [0.29, 0.717) is 30.4 Å². The van der Waals surface area contributed by atoms with Gasteiger partial charge in [0.2, 0.25) is 10.0 Å². The molecule has 3 rings (SSSR count). The Hall–Kier alpha value is -1.60. The smallest absolute Gasteiger partial charge is 0.255 e. The van der Waals surface area contributed by atoms with Crippen LogP contribution >= 0.6 is 0 Å². The number of likely N-dealkylation sites (tertiary alicyclic amines) is 1. The number of amides is 1. The highest BCUT2D eigenvalue weighted by atomic mass is 32.2. The van der Waals surface area contributed by atoms with Gasteiger partial charge in [-0.3, -0.25) is 9.52 Å². The van der Waals surface area contributed by atoms with E-state index < -0.39 is 10.0 Å². The highest BCUT2D eigenvalue weighted by molar-refractivity contribution is 7.92. The van der Waals surface area contributed by atoms with Crippen molar-refractivity contribution in [3.8, 4) is 0 Å². The van der Waals surface area contributed by atoms with Crippen LogP contribution in [0.3, 0.4) is 0 Å². The van der Waals surface area contributed by atoms with Gasteiger partial charge < -0.3 is 10.2 Å². The monoisotopic (exact) mass is 365 g/mol. The molecule has 1 aromatic rings. The summed E-state index contributed by atoms with van der Waals surface area (Å²) in [4.78, 5) is 14.7. The number of carbonyl (C=O) groups is 1. The first-order valence-corrected chi connectivity index (χ1v) is 10.8. The van der Waals surface area contributed by atoms with Crippen LogP contribution < -0.4 is 10.0 Å². The molecule has 0 radical (unpaired) electrons. The quantitative estimate of drug-likeness (QED) is 0.808. The number of benzene rings is 1. The Kier molecular flexibility index (Phi) is 5.34. The summed E-state index contributed by atoms with van der Waals surface area (Å²) in [5, 5.41) is 3.60. The molecule has 1 aliphatic heterocycles. The lowest BCUT2D eigenvalue weighted by Gasteiger charge is -2.33. The van der Waals surface area contributed by atoms with Crippen molar-refractivity contribution in [1.82, 2.24) is 10.2 Å². The SMILES string of the molecule is Cc1ccc(NS(C)(=O)=O)c(C(=O)N2CCC(NCC3CC3)CC2)c1. The number of piperidine rings is 1. The Bertz CT molecular complexity index is 736. The molecule has 1 aromatic carbocycles. The fourth-order valence-electron chi connectivity index (χ4n) is 3.24. The second-order valence-electron chi connectivity index (χ2n) is 7.34. The van der Waals surface area contributed by atoms with Crippen molar-refractivity contribution in [2.24, 2.45) is 5.92 Å². The third-order valence-electron chi connectivity index (χ3n) is 4.88. The minimum atomic E-state index is -3.43. The van der Waals surface area contributed by atoms with E-state index >= 15 is 0 Å². The van der Waals surface area contributed by atoms with Crippen LogP contribution in [0.4, 0.5) is 5.69 Å². The highest BCUT2D eigenvalue weighted by Crippen LogP contribution is 2.28. The van der Waals surface area contributed by atoms with Gasteiger partial charge in [0.1, 0.15) is 0 Å². The Labute approximate surface area is 150 Å². The molecule has 0 atom stereocenters. The van der Waals surface area contributed by atoms with Gasteiger partial charge in [-0.25, -0.2) is 8.42 Å². The van der Waals surface area contributed by atoms with Gasteiger partial charge in [-0.15, -0.1) is 0 Å². The first kappa shape index (κ1) is 18.2. The number of hydrogen-bond donors (Lipinski definition) is 2. The molecule has 1 amide bonds. The molecule has 0 unspecified atom stereocenters. The van der Waals surface area contributed by atoms with Gasteiger partial charge in [0.15, 0.2) is 0 Å². The maximum Gasteiger partial charge on any atom is 0.255 e. The summed E-state index contributed by atoms with van der Waals surface area (Å²) in [6.07, 6.45) is 5.66. The van der Waals surface area contributed by atoms with E-state index in [2.05, 4.69) is 10.0 Å². The van der Waals surface area contributed by atoms with Crippen LogP contribution in [0.2, 0.25) is 0 Å². The molecule has 1 saturated heterocycles. The van der Waals surface area contributed by atoms with Gasteiger partial charge in [-0.1, -0.05) is 11.6 Å². The van der Waals surface area contributed by atoms with Crippen molar-refractivity contribution in [3.63, 3.8) is 0 Å². The van der Waals surface area contributed by atoms with Crippen LogP contribution in [0.25, 0.3) is 0 Å². The molecule has 1 heterocycles. The van der Waals surface area contributed by atoms with Crippen LogP contribution in [0, 0.1) is 12.8 Å². The first-order chi connectivity index (χ1) is 11.8. The molecule has 7 heteroatoms. The van der Waals surface area contributed by atoms with Crippen LogP contribution in [0.1, 0.15) is 41.6 Å². The standard InChI is InChI=1S/C18H27N3O3S/c1-13-3-6-17(20-25(2,23)24)16(11-13)18(22)21-9-7-15(8-10-21)19-12-14-4-5-14/h3,6,11,14-15,19-20H,4-5,7-10,12H2,1-2H3. The molecule has 0 bridgehead atoms. The molecule has 6 nitrogen and oxygen atoms in total. The number of hydrogen-bond acceptors (Lipinski definition) is 4. The molecular weight excluding hydrogens is 338 g/mol. The third kappa shape index (κ3) is 5.19. The Balaban J connectivity index is 1.65. The summed E-state index contributed by atoms with van der Waals surface area (Å²) in [5.41, 5.74) is 1.71. The number of nitrogens with zero attached hydrogens (tertiary/aromatic N) is 1. The zero-order chi connectivity index (χ0) is 18.0. The Morgan fingerprint density at radius 3 is 2.48 bits per heavy atom. The lowest BCUT2D eigenvalue weighted by molar-refractivity contribution is 0.0706. The van der Waals surface area contributed by atoms with Crippen molar-refractivity contribution in [1.29, 1.82) is 0 Å². The summed E-state index contributed by atoms with van der Waals surface area (Å²) >= 11 is 0. The van der Waals surface area contributed by atoms with Crippen LogP contribution in [-0.2, 0) is 10.0 Å². The van der Waals surface area contributed by atoms with Gasteiger partial charge in [0, 0.05) is 19.1 Å². The topological polar surface area (TPSA) is 78.5 Å². The molecule has 1 aliphatic carbocycles. The lowest BCUT2D eigenvalue weighted by Crippen LogP contribution is -2.45. The number of sulfonamides is 1. The van der Waals surface area contributed by atoms with E-state index in [4.69, 9.17) is 0 Å². The number of aryl methyl sites for hydroxylation is 1. The van der Waals surface area contributed by atoms with Crippen molar-refractivity contribution in [2.45, 2.75) is 38.6 Å². The van der Waals surface area contributed by atoms with E-state index in [1.165, 1.54) is 12.8 Å². The van der Waals surface area contributed by atoms with E-state index in [1.54, 1.807) is 18.2 Å². The fraction of sp³-hybridized carbons (Fsp3) is 0.611. The zero-order valence-corrected chi connectivity index (χ0v) is 15.7. The Morgan fingerprint density at radius 1 is 1.20 bits per heavy atom. The summed E-state index contributed by atoms with van der Waals surface area (Å²) in [5.74, 6) is 0.757. The molecule has 2 fully saturated rings. The fourth-order valence-corrected chi connectivity index (χ4v) is 3.81. The predicted molar refractivity (Wildman–Crippen MR) is 99.3 cm³/mol. The highest BCUT2D eigenvalue weighted by Gasteiger charge is 2.27. The second kappa shape index (κ2) is 7.33. The number of carbonyl (C=O) groups excluding carboxylic acids is 1. The van der Waals surface area contributed by atoms with E-state index in [-0.39, 0.29) is 5.91 Å². The molecule has 0 aromatic heterocycles. The normalized spacial score (nSPS) is 19.0. The summed E-state index contributed by atoms with van der Waals surface area (Å²) in [6.45, 7) is 4.40. The minimum Gasteiger partial charge on any atom is -0.338 e. The number of rotatable bonds is 6. The minimum absolute atomic E-state index is 0.101. The van der Waals surface area contributed by atoms with Gasteiger partial charge in [0.05, 0.1) is 17.5 Å². The average molecular weight is 365 g/mol. The van der Waals surface area contributed by atoms with Gasteiger partial charge in [-0.2, -0.15) is 0 Å². The molecule has 138 valence electrons. The van der Waals surface area contributed by atoms with Gasteiger partial charge in [-0.05, 0) is 57.2 Å². The van der Waals surface area contributed by atoms with Crippen molar-refractivity contribution < 1.29 is 13.2 Å². The molecule has 2 N–H and O–H groups in total. The summed E-state index contributed by atoms with van der Waals surface area (Å²) in [6, 6.07) is 5.70. The van der Waals surface area contributed by atoms with Crippen LogP contribution in [0.5, 0.6) is 0 Å². The molecule has 25 heavy (non-hydrogen) atoms. The van der Waals surface area contributed by atoms with E-state index in [1.807, 2.05) is 11.8 Å². The van der Waals surface area contributed by atoms with Crippen LogP contribution in [-0.4, -0.2) is 51.2 Å². The number of anilines is 1. The van der Waals surface area contributed by atoms with E-state index in [0.717, 1.165) is 37.1 Å². The molecule has 1 saturated carbocycles. The first-order valence-electron chi connectivity index (χ1n) is 8.93. The third-order valence-corrected chi connectivity index (χ3v) is 5.47. The zero-order valence-electron chi connectivity index (χ0n) is 14.9. The second-order valence-corrected chi connectivity index (χ2v) is 9.09. The molecule has 2 aliphatic rings. The maximum atomic E-state index is 12.9. The predicted octanol–water partition coefficient (Wildman–Crippen LogP) is 1.97. The number of nitrogens with one attached hydrogen (secondary N) is 2. The Morgan fingerprint density at radius 2 is 1.88 bits per heavy atom. The van der Waals surface area contributed by atoms with Crippen molar-refractivity contribution >= 4 is 21.6 Å². The van der Waals surface area contributed by atoms with Crippen LogP contribution in [0.15, 0.2) is 18.2 Å². The van der Waals surface area contributed by atoms with Crippen molar-refractivity contribution in [3.05, 3.63) is 29.3 Å². The lowest BCUT2D eigenvalue weighted by atomic mass is 10.0. The largest absolute Gasteiger partial charge is 0.338 e. The maximum absolute atomic E-state index is 12.9. The van der Waals surface area contributed by atoms with Gasteiger partial charge >= 0.3 is 0 Å². The summed E-state index contributed by atoms with van der Waals surface area (Å²) < 4.78 is 25.6. The average Bonchev–Trinajstić information content (AvgIpc) is 3.37. The molecule has 0 spiro atoms. The van der Waals surface area contributed by atoms with Crippen molar-refractivity contribution in [2.75, 3.05) is 30.6 Å². The van der Waals surface area contributed by atoms with Gasteiger partial charge in [0.25, 0.3) is 5.91 Å². The molecular formula is C18H27N3O3S. The van der Waals surface area contributed by atoms with E-state index in [9.17, 15) is 13.2 Å².